The Labute approximate surface area is 85.4 Å². The number of carbonyl (C=O) groups is 1. The number of aliphatic carboxylic acids is 1. The quantitative estimate of drug-likeness (QED) is 0.658. The molecule has 0 unspecified atom stereocenters. The Kier molecular flexibility index (Phi) is 2.86. The first kappa shape index (κ1) is 10.7. The van der Waals surface area contributed by atoms with Crippen molar-refractivity contribution in [3.8, 4) is 11.5 Å². The van der Waals surface area contributed by atoms with Crippen LogP contribution in [-0.4, -0.2) is 21.3 Å². The van der Waals surface area contributed by atoms with Crippen LogP contribution in [0, 0.1) is 6.92 Å². The first-order valence-corrected chi connectivity index (χ1v) is 4.23. The molecule has 0 saturated carbocycles. The van der Waals surface area contributed by atoms with Crippen LogP contribution < -0.4 is 0 Å². The number of carboxylic acids is 1. The Balaban J connectivity index is 3.31. The van der Waals surface area contributed by atoms with E-state index >= 15 is 0 Å². The molecule has 0 aliphatic rings. The van der Waals surface area contributed by atoms with Gasteiger partial charge in [0.15, 0.2) is 11.5 Å². The van der Waals surface area contributed by atoms with E-state index in [1.807, 2.05) is 0 Å². The van der Waals surface area contributed by atoms with E-state index in [1.54, 1.807) is 6.92 Å². The number of hydrogen-bond acceptors (Lipinski definition) is 3. The molecule has 14 heavy (non-hydrogen) atoms. The van der Waals surface area contributed by atoms with Crippen LogP contribution in [0.3, 0.4) is 0 Å². The lowest BCUT2D eigenvalue weighted by molar-refractivity contribution is -0.136. The number of phenols is 2. The molecule has 5 heteroatoms. The Bertz CT molecular complexity index is 361. The standard InChI is InChI=1S/C9H9ClO4/c1-4-5(2-8(12)13)9(14)7(11)3-6(4)10/h3,11,14H,2H2,1H3,(H,12,13). The van der Waals surface area contributed by atoms with Crippen molar-refractivity contribution in [3.63, 3.8) is 0 Å². The molecule has 0 fully saturated rings. The summed E-state index contributed by atoms with van der Waals surface area (Å²) in [6, 6.07) is 1.18. The Morgan fingerprint density at radius 1 is 1.50 bits per heavy atom. The van der Waals surface area contributed by atoms with Crippen LogP contribution >= 0.6 is 11.6 Å². The SMILES string of the molecule is Cc1c(Cl)cc(O)c(O)c1CC(=O)O. The third-order valence-corrected chi connectivity index (χ3v) is 2.32. The van der Waals surface area contributed by atoms with Gasteiger partial charge in [-0.25, -0.2) is 0 Å². The highest BCUT2D eigenvalue weighted by atomic mass is 35.5. The maximum atomic E-state index is 10.5. The maximum absolute atomic E-state index is 10.5. The van der Waals surface area contributed by atoms with E-state index in [2.05, 4.69) is 0 Å². The Hall–Kier alpha value is -1.42. The first-order chi connectivity index (χ1) is 6.43. The fourth-order valence-corrected chi connectivity index (χ4v) is 1.36. The predicted molar refractivity (Wildman–Crippen MR) is 50.9 cm³/mol. The van der Waals surface area contributed by atoms with Gasteiger partial charge in [-0.15, -0.1) is 0 Å². The van der Waals surface area contributed by atoms with Gasteiger partial charge >= 0.3 is 5.97 Å². The van der Waals surface area contributed by atoms with Crippen LogP contribution in [-0.2, 0) is 11.2 Å². The van der Waals surface area contributed by atoms with Crippen molar-refractivity contribution in [2.45, 2.75) is 13.3 Å². The summed E-state index contributed by atoms with van der Waals surface area (Å²) in [5.41, 5.74) is 0.604. The van der Waals surface area contributed by atoms with E-state index in [4.69, 9.17) is 16.7 Å². The average Bonchev–Trinajstić information content (AvgIpc) is 2.09. The molecular formula is C9H9ClO4. The summed E-state index contributed by atoms with van der Waals surface area (Å²) in [4.78, 5) is 10.5. The van der Waals surface area contributed by atoms with Crippen LogP contribution in [0.5, 0.6) is 11.5 Å². The largest absolute Gasteiger partial charge is 0.504 e. The monoisotopic (exact) mass is 216 g/mol. The Morgan fingerprint density at radius 3 is 2.57 bits per heavy atom. The van der Waals surface area contributed by atoms with E-state index < -0.39 is 17.5 Å². The van der Waals surface area contributed by atoms with Crippen molar-refractivity contribution in [2.75, 3.05) is 0 Å². The second-order valence-corrected chi connectivity index (χ2v) is 3.31. The van der Waals surface area contributed by atoms with Crippen LogP contribution in [0.15, 0.2) is 6.07 Å². The zero-order valence-corrected chi connectivity index (χ0v) is 8.17. The summed E-state index contributed by atoms with van der Waals surface area (Å²) >= 11 is 5.71. The maximum Gasteiger partial charge on any atom is 0.307 e. The second-order valence-electron chi connectivity index (χ2n) is 2.90. The molecule has 0 amide bonds. The zero-order valence-electron chi connectivity index (χ0n) is 7.41. The van der Waals surface area contributed by atoms with Gasteiger partial charge in [-0.05, 0) is 12.5 Å². The van der Waals surface area contributed by atoms with Crippen molar-refractivity contribution in [1.29, 1.82) is 0 Å². The van der Waals surface area contributed by atoms with E-state index in [0.717, 1.165) is 0 Å². The third-order valence-electron chi connectivity index (χ3n) is 1.93. The number of hydrogen-bond donors (Lipinski definition) is 3. The van der Waals surface area contributed by atoms with Crippen LogP contribution in [0.4, 0.5) is 0 Å². The molecule has 4 nitrogen and oxygen atoms in total. The summed E-state index contributed by atoms with van der Waals surface area (Å²) < 4.78 is 0. The van der Waals surface area contributed by atoms with Crippen molar-refractivity contribution < 1.29 is 20.1 Å². The van der Waals surface area contributed by atoms with E-state index in [9.17, 15) is 15.0 Å². The predicted octanol–water partition coefficient (Wildman–Crippen LogP) is 1.69. The molecule has 0 saturated heterocycles. The van der Waals surface area contributed by atoms with Gasteiger partial charge in [0.05, 0.1) is 6.42 Å². The molecule has 1 rings (SSSR count). The zero-order chi connectivity index (χ0) is 10.9. The molecule has 76 valence electrons. The topological polar surface area (TPSA) is 77.8 Å². The van der Waals surface area contributed by atoms with Gasteiger partial charge in [0.1, 0.15) is 0 Å². The molecule has 0 spiro atoms. The Morgan fingerprint density at radius 2 is 2.07 bits per heavy atom. The van der Waals surface area contributed by atoms with E-state index in [0.29, 0.717) is 5.56 Å². The highest BCUT2D eigenvalue weighted by Crippen LogP contribution is 2.36. The average molecular weight is 217 g/mol. The molecular weight excluding hydrogens is 208 g/mol. The number of benzene rings is 1. The number of halogens is 1. The molecule has 0 atom stereocenters. The number of aromatic hydroxyl groups is 2. The van der Waals surface area contributed by atoms with Crippen molar-refractivity contribution in [3.05, 3.63) is 22.2 Å². The van der Waals surface area contributed by atoms with E-state index in [-0.39, 0.29) is 17.0 Å². The molecule has 0 aliphatic heterocycles. The van der Waals surface area contributed by atoms with Crippen molar-refractivity contribution in [1.82, 2.24) is 0 Å². The lowest BCUT2D eigenvalue weighted by Crippen LogP contribution is -2.02. The molecule has 1 aromatic carbocycles. The van der Waals surface area contributed by atoms with Gasteiger partial charge in [-0.3, -0.25) is 4.79 Å². The number of rotatable bonds is 2. The number of phenolic OH excluding ortho intramolecular Hbond substituents is 2. The summed E-state index contributed by atoms with van der Waals surface area (Å²) in [5, 5.41) is 27.4. The molecule has 0 aliphatic carbocycles. The third kappa shape index (κ3) is 1.90. The minimum Gasteiger partial charge on any atom is -0.504 e. The highest BCUT2D eigenvalue weighted by Gasteiger charge is 2.15. The van der Waals surface area contributed by atoms with Crippen molar-refractivity contribution in [2.24, 2.45) is 0 Å². The lowest BCUT2D eigenvalue weighted by atomic mass is 10.0. The van der Waals surface area contributed by atoms with Gasteiger partial charge in [0.25, 0.3) is 0 Å². The summed E-state index contributed by atoms with van der Waals surface area (Å²) in [7, 11) is 0. The molecule has 0 bridgehead atoms. The van der Waals surface area contributed by atoms with Gasteiger partial charge in [0.2, 0.25) is 0 Å². The van der Waals surface area contributed by atoms with Gasteiger partial charge in [-0.1, -0.05) is 11.6 Å². The van der Waals surface area contributed by atoms with Crippen LogP contribution in [0.1, 0.15) is 11.1 Å². The first-order valence-electron chi connectivity index (χ1n) is 3.85. The van der Waals surface area contributed by atoms with Gasteiger partial charge in [-0.2, -0.15) is 0 Å². The fraction of sp³-hybridized carbons (Fsp3) is 0.222. The normalized spacial score (nSPS) is 10.1. The highest BCUT2D eigenvalue weighted by molar-refractivity contribution is 6.31. The molecule has 0 aromatic heterocycles. The second kappa shape index (κ2) is 3.75. The van der Waals surface area contributed by atoms with Crippen LogP contribution in [0.25, 0.3) is 0 Å². The van der Waals surface area contributed by atoms with Gasteiger partial charge < -0.3 is 15.3 Å². The summed E-state index contributed by atoms with van der Waals surface area (Å²) in [6.07, 6.45) is -0.369. The molecule has 0 radical (unpaired) electrons. The summed E-state index contributed by atoms with van der Waals surface area (Å²) in [6.45, 7) is 1.58. The van der Waals surface area contributed by atoms with Crippen molar-refractivity contribution >= 4 is 17.6 Å². The summed E-state index contributed by atoms with van der Waals surface area (Å²) in [5.74, 6) is -1.92. The lowest BCUT2D eigenvalue weighted by Gasteiger charge is -2.09. The van der Waals surface area contributed by atoms with Gasteiger partial charge in [0, 0.05) is 16.7 Å². The molecule has 3 N–H and O–H groups in total. The molecule has 0 heterocycles. The van der Waals surface area contributed by atoms with E-state index in [1.165, 1.54) is 6.07 Å². The van der Waals surface area contributed by atoms with Crippen LogP contribution in [0.2, 0.25) is 5.02 Å². The smallest absolute Gasteiger partial charge is 0.307 e. The minimum absolute atomic E-state index is 0.141. The molecule has 1 aromatic rings. The fourth-order valence-electron chi connectivity index (χ4n) is 1.14. The minimum atomic E-state index is -1.09. The number of carboxylic acid groups (broad SMARTS) is 1.